The third kappa shape index (κ3) is 2.93. The fraction of sp³-hybridized carbons (Fsp3) is 0. The summed E-state index contributed by atoms with van der Waals surface area (Å²) in [6, 6.07) is 16.0. The van der Waals surface area contributed by atoms with Gasteiger partial charge in [0.25, 0.3) is 11.5 Å². The number of hydrogen-bond acceptors (Lipinski definition) is 4. The number of benzene rings is 1. The van der Waals surface area contributed by atoms with Gasteiger partial charge in [0, 0.05) is 5.56 Å². The average Bonchev–Trinajstić information content (AvgIpc) is 3.34. The van der Waals surface area contributed by atoms with Gasteiger partial charge in [0.2, 0.25) is 0 Å². The number of hydrogen-bond donors (Lipinski definition) is 3. The maximum atomic E-state index is 12.5. The molecule has 7 nitrogen and oxygen atoms in total. The number of H-pyrrole nitrogens is 2. The number of aromatic amines is 2. The largest absolute Gasteiger partial charge is 0.463 e. The maximum absolute atomic E-state index is 12.5. The number of rotatable bonds is 4. The molecule has 4 rings (SSSR count). The van der Waals surface area contributed by atoms with E-state index < -0.39 is 11.5 Å². The Balaban J connectivity index is 1.60. The first kappa shape index (κ1) is 15.6. The van der Waals surface area contributed by atoms with E-state index in [2.05, 4.69) is 20.5 Å². The van der Waals surface area contributed by atoms with Crippen LogP contribution in [0.3, 0.4) is 0 Å². The van der Waals surface area contributed by atoms with Crippen LogP contribution in [0.4, 0.5) is 5.69 Å². The van der Waals surface area contributed by atoms with Crippen LogP contribution in [0.25, 0.3) is 22.7 Å². The third-order valence-electron chi connectivity index (χ3n) is 3.89. The lowest BCUT2D eigenvalue weighted by atomic mass is 10.1. The first-order valence-electron chi connectivity index (χ1n) is 7.90. The molecule has 0 saturated heterocycles. The molecule has 0 spiro atoms. The molecule has 0 fully saturated rings. The fourth-order valence-electron chi connectivity index (χ4n) is 2.62. The lowest BCUT2D eigenvalue weighted by molar-refractivity contribution is 0.102. The predicted molar refractivity (Wildman–Crippen MR) is 96.7 cm³/mol. The topological polar surface area (TPSA) is 104 Å². The second-order valence-electron chi connectivity index (χ2n) is 5.57. The Bertz CT molecular complexity index is 1100. The molecule has 26 heavy (non-hydrogen) atoms. The quantitative estimate of drug-likeness (QED) is 0.527. The smallest absolute Gasteiger partial charge is 0.261 e. The molecule has 0 aliphatic heterocycles. The Hall–Kier alpha value is -3.87. The van der Waals surface area contributed by atoms with Crippen molar-refractivity contribution in [1.82, 2.24) is 15.2 Å². The van der Waals surface area contributed by atoms with Crippen molar-refractivity contribution in [3.63, 3.8) is 0 Å². The van der Waals surface area contributed by atoms with Gasteiger partial charge in [-0.05, 0) is 24.3 Å². The highest BCUT2D eigenvalue weighted by Gasteiger charge is 2.15. The SMILES string of the molecule is O=C(Nc1cn[nH]c1-c1ccccc1)c1ccc(-c2ccco2)[nH]c1=O. The lowest BCUT2D eigenvalue weighted by Gasteiger charge is -2.06. The molecule has 0 saturated carbocycles. The Morgan fingerprint density at radius 3 is 2.62 bits per heavy atom. The van der Waals surface area contributed by atoms with E-state index in [0.29, 0.717) is 22.8 Å². The van der Waals surface area contributed by atoms with Gasteiger partial charge < -0.3 is 14.7 Å². The van der Waals surface area contributed by atoms with Gasteiger partial charge in [0.1, 0.15) is 11.3 Å². The highest BCUT2D eigenvalue weighted by Crippen LogP contribution is 2.25. The monoisotopic (exact) mass is 346 g/mol. The Labute approximate surface area is 147 Å². The van der Waals surface area contributed by atoms with E-state index >= 15 is 0 Å². The van der Waals surface area contributed by atoms with Crippen molar-refractivity contribution in [3.05, 3.63) is 83.0 Å². The Morgan fingerprint density at radius 2 is 1.88 bits per heavy atom. The number of aromatic nitrogens is 3. The van der Waals surface area contributed by atoms with E-state index in [9.17, 15) is 9.59 Å². The molecule has 0 unspecified atom stereocenters. The van der Waals surface area contributed by atoms with Crippen molar-refractivity contribution in [2.24, 2.45) is 0 Å². The van der Waals surface area contributed by atoms with Crippen molar-refractivity contribution in [2.75, 3.05) is 5.32 Å². The first-order chi connectivity index (χ1) is 12.7. The van der Waals surface area contributed by atoms with Crippen molar-refractivity contribution < 1.29 is 9.21 Å². The minimum atomic E-state index is -0.518. The molecule has 4 aromatic rings. The summed E-state index contributed by atoms with van der Waals surface area (Å²) in [5, 5.41) is 9.56. The van der Waals surface area contributed by atoms with Gasteiger partial charge in [-0.1, -0.05) is 30.3 Å². The van der Waals surface area contributed by atoms with E-state index in [1.807, 2.05) is 30.3 Å². The molecular formula is C19H14N4O3. The first-order valence-corrected chi connectivity index (χ1v) is 7.90. The zero-order chi connectivity index (χ0) is 17.9. The molecule has 7 heteroatoms. The van der Waals surface area contributed by atoms with Crippen molar-refractivity contribution in [2.45, 2.75) is 0 Å². The molecule has 3 N–H and O–H groups in total. The number of carbonyl (C=O) groups excluding carboxylic acids is 1. The highest BCUT2D eigenvalue weighted by molar-refractivity contribution is 6.05. The molecular weight excluding hydrogens is 332 g/mol. The maximum Gasteiger partial charge on any atom is 0.261 e. The summed E-state index contributed by atoms with van der Waals surface area (Å²) in [4.78, 5) is 27.4. The number of furan rings is 1. The predicted octanol–water partition coefficient (Wildman–Crippen LogP) is 3.28. The number of carbonyl (C=O) groups is 1. The Kier molecular flexibility index (Phi) is 3.95. The summed E-state index contributed by atoms with van der Waals surface area (Å²) < 4.78 is 5.24. The van der Waals surface area contributed by atoms with Gasteiger partial charge in [-0.25, -0.2) is 0 Å². The zero-order valence-corrected chi connectivity index (χ0v) is 13.5. The van der Waals surface area contributed by atoms with Crippen molar-refractivity contribution in [3.8, 4) is 22.7 Å². The standard InChI is InChI=1S/C19H14N4O3/c24-18-13(8-9-14(21-18)16-7-4-10-26-16)19(25)22-15-11-20-23-17(15)12-5-2-1-3-6-12/h1-11H,(H,20,23)(H,21,24)(H,22,25). The average molecular weight is 346 g/mol. The molecule has 3 heterocycles. The molecule has 3 aromatic heterocycles. The van der Waals surface area contributed by atoms with Crippen LogP contribution >= 0.6 is 0 Å². The molecule has 1 amide bonds. The van der Waals surface area contributed by atoms with Crippen LogP contribution in [0.15, 0.2) is 76.3 Å². The van der Waals surface area contributed by atoms with Crippen LogP contribution in [-0.2, 0) is 0 Å². The number of anilines is 1. The Morgan fingerprint density at radius 1 is 1.04 bits per heavy atom. The summed E-state index contributed by atoms with van der Waals surface area (Å²) >= 11 is 0. The molecule has 0 atom stereocenters. The summed E-state index contributed by atoms with van der Waals surface area (Å²) in [5.41, 5.74) is 2.05. The number of nitrogens with one attached hydrogen (secondary N) is 3. The van der Waals surface area contributed by atoms with Crippen molar-refractivity contribution in [1.29, 1.82) is 0 Å². The van der Waals surface area contributed by atoms with E-state index in [1.54, 1.807) is 18.2 Å². The van der Waals surface area contributed by atoms with Gasteiger partial charge in [-0.3, -0.25) is 14.7 Å². The second-order valence-corrected chi connectivity index (χ2v) is 5.57. The van der Waals surface area contributed by atoms with Crippen LogP contribution in [0, 0.1) is 0 Å². The highest BCUT2D eigenvalue weighted by atomic mass is 16.3. The van der Waals surface area contributed by atoms with Gasteiger partial charge in [0.05, 0.1) is 29.5 Å². The fourth-order valence-corrected chi connectivity index (χ4v) is 2.62. The van der Waals surface area contributed by atoms with Gasteiger partial charge >= 0.3 is 0 Å². The number of nitrogens with zero attached hydrogens (tertiary/aromatic N) is 1. The summed E-state index contributed by atoms with van der Waals surface area (Å²) in [6.07, 6.45) is 3.02. The molecule has 0 radical (unpaired) electrons. The van der Waals surface area contributed by atoms with E-state index in [-0.39, 0.29) is 5.56 Å². The minimum Gasteiger partial charge on any atom is -0.463 e. The van der Waals surface area contributed by atoms with Crippen LogP contribution in [0.1, 0.15) is 10.4 Å². The zero-order valence-electron chi connectivity index (χ0n) is 13.5. The summed E-state index contributed by atoms with van der Waals surface area (Å²) in [5.74, 6) is 0.00563. The molecule has 0 bridgehead atoms. The van der Waals surface area contributed by atoms with Gasteiger partial charge in [0.15, 0.2) is 0 Å². The molecule has 128 valence electrons. The number of amides is 1. The normalized spacial score (nSPS) is 10.6. The summed E-state index contributed by atoms with van der Waals surface area (Å²) in [7, 11) is 0. The molecule has 1 aromatic carbocycles. The van der Waals surface area contributed by atoms with Crippen LogP contribution in [-0.4, -0.2) is 21.1 Å². The van der Waals surface area contributed by atoms with Gasteiger partial charge in [-0.2, -0.15) is 5.10 Å². The molecule has 0 aliphatic carbocycles. The van der Waals surface area contributed by atoms with Crippen LogP contribution in [0.5, 0.6) is 0 Å². The van der Waals surface area contributed by atoms with Crippen molar-refractivity contribution >= 4 is 11.6 Å². The molecule has 0 aliphatic rings. The minimum absolute atomic E-state index is 0.000479. The van der Waals surface area contributed by atoms with Gasteiger partial charge in [-0.15, -0.1) is 0 Å². The third-order valence-corrected chi connectivity index (χ3v) is 3.89. The van der Waals surface area contributed by atoms with Crippen LogP contribution < -0.4 is 10.9 Å². The summed E-state index contributed by atoms with van der Waals surface area (Å²) in [6.45, 7) is 0. The van der Waals surface area contributed by atoms with E-state index in [4.69, 9.17) is 4.42 Å². The van der Waals surface area contributed by atoms with E-state index in [0.717, 1.165) is 5.56 Å². The second kappa shape index (κ2) is 6.56. The van der Waals surface area contributed by atoms with Crippen LogP contribution in [0.2, 0.25) is 0 Å². The number of pyridine rings is 1. The van der Waals surface area contributed by atoms with E-state index in [1.165, 1.54) is 18.5 Å². The lowest BCUT2D eigenvalue weighted by Crippen LogP contribution is -2.23.